The van der Waals surface area contributed by atoms with Gasteiger partial charge in [0.2, 0.25) is 0 Å². The van der Waals surface area contributed by atoms with Crippen molar-refractivity contribution in [2.24, 2.45) is 28.6 Å². The quantitative estimate of drug-likeness (QED) is 0.611. The van der Waals surface area contributed by atoms with Gasteiger partial charge in [0.05, 0.1) is 5.56 Å². The van der Waals surface area contributed by atoms with Crippen LogP contribution in [0.4, 0.5) is 0 Å². The van der Waals surface area contributed by atoms with Crippen LogP contribution < -0.4 is 5.32 Å². The molecule has 0 bridgehead atoms. The van der Waals surface area contributed by atoms with Crippen LogP contribution in [0.5, 0.6) is 0 Å². The molecule has 6 rings (SSSR count). The number of nitrogens with zero attached hydrogens (tertiary/aromatic N) is 3. The van der Waals surface area contributed by atoms with Crippen LogP contribution in [-0.4, -0.2) is 26.9 Å². The lowest BCUT2D eigenvalue weighted by Gasteiger charge is -2.58. The highest BCUT2D eigenvalue weighted by atomic mass is 16.1. The zero-order chi connectivity index (χ0) is 23.3. The van der Waals surface area contributed by atoms with Crippen molar-refractivity contribution in [2.45, 2.75) is 64.8 Å². The standard InChI is InChI=1S/C29H34N4O/c1-28-11-9-22(33-27(34)19-4-3-13-30-15-19)14-21(28)5-6-23-25-8-7-24(20-16-31-18-32-17-20)29(25,2)12-10-26(23)28/h3-5,7,13,15-18,22-23,25-26H,6,8-12,14H2,1-2H3,(H,33,34)/t22-,23-,25-,26-,28-,29+/m0/s1. The first-order valence-electron chi connectivity index (χ1n) is 12.9. The van der Waals surface area contributed by atoms with Gasteiger partial charge in [0.1, 0.15) is 6.33 Å². The summed E-state index contributed by atoms with van der Waals surface area (Å²) in [6, 6.07) is 3.88. The van der Waals surface area contributed by atoms with Gasteiger partial charge >= 0.3 is 0 Å². The third-order valence-electron chi connectivity index (χ3n) is 9.82. The number of fused-ring (bicyclic) bond motifs is 5. The van der Waals surface area contributed by atoms with E-state index in [4.69, 9.17) is 0 Å². The van der Waals surface area contributed by atoms with Crippen molar-refractivity contribution in [3.63, 3.8) is 0 Å². The van der Waals surface area contributed by atoms with Gasteiger partial charge in [0.15, 0.2) is 0 Å². The van der Waals surface area contributed by atoms with E-state index in [1.165, 1.54) is 36.8 Å². The number of carbonyl (C=O) groups excluding carboxylic acids is 1. The van der Waals surface area contributed by atoms with Crippen molar-refractivity contribution >= 4 is 11.5 Å². The van der Waals surface area contributed by atoms with Gasteiger partial charge in [0.25, 0.3) is 5.91 Å². The Morgan fingerprint density at radius 2 is 1.79 bits per heavy atom. The molecule has 0 saturated heterocycles. The lowest BCUT2D eigenvalue weighted by atomic mass is 9.47. The maximum atomic E-state index is 12.7. The summed E-state index contributed by atoms with van der Waals surface area (Å²) in [7, 11) is 0. The summed E-state index contributed by atoms with van der Waals surface area (Å²) >= 11 is 0. The number of nitrogens with one attached hydrogen (secondary N) is 1. The van der Waals surface area contributed by atoms with Crippen LogP contribution in [0.2, 0.25) is 0 Å². The van der Waals surface area contributed by atoms with Gasteiger partial charge in [-0.2, -0.15) is 0 Å². The second-order valence-corrected chi connectivity index (χ2v) is 11.4. The SMILES string of the molecule is C[C@]12CC[C@H](NC(=O)c3cccnc3)CC1=CC[C@@H]1[C@@H]2CC[C@]2(C)C(c3cncnc3)=CC[C@@H]12. The fourth-order valence-corrected chi connectivity index (χ4v) is 8.00. The van der Waals surface area contributed by atoms with E-state index in [9.17, 15) is 4.79 Å². The molecule has 0 unspecified atom stereocenters. The molecule has 1 amide bonds. The van der Waals surface area contributed by atoms with Crippen molar-refractivity contribution in [3.8, 4) is 0 Å². The van der Waals surface area contributed by atoms with E-state index in [2.05, 4.69) is 46.3 Å². The summed E-state index contributed by atoms with van der Waals surface area (Å²) in [6.07, 6.45) is 22.1. The highest BCUT2D eigenvalue weighted by Crippen LogP contribution is 2.66. The van der Waals surface area contributed by atoms with Crippen LogP contribution >= 0.6 is 0 Å². The number of rotatable bonds is 3. The molecule has 5 heteroatoms. The van der Waals surface area contributed by atoms with Gasteiger partial charge in [-0.1, -0.05) is 31.6 Å². The molecule has 2 aromatic rings. The predicted molar refractivity (Wildman–Crippen MR) is 133 cm³/mol. The largest absolute Gasteiger partial charge is 0.349 e. The summed E-state index contributed by atoms with van der Waals surface area (Å²) in [6.45, 7) is 5.01. The minimum Gasteiger partial charge on any atom is -0.349 e. The second-order valence-electron chi connectivity index (χ2n) is 11.4. The number of hydrogen-bond donors (Lipinski definition) is 1. The number of hydrogen-bond acceptors (Lipinski definition) is 4. The Labute approximate surface area is 202 Å². The highest BCUT2D eigenvalue weighted by molar-refractivity contribution is 5.94. The van der Waals surface area contributed by atoms with Crippen LogP contribution in [0.1, 0.15) is 74.7 Å². The number of amides is 1. The molecule has 34 heavy (non-hydrogen) atoms. The van der Waals surface area contributed by atoms with E-state index in [-0.39, 0.29) is 22.8 Å². The number of carbonyl (C=O) groups is 1. The fraction of sp³-hybridized carbons (Fsp3) is 0.517. The molecule has 2 heterocycles. The summed E-state index contributed by atoms with van der Waals surface area (Å²) in [5.74, 6) is 2.16. The van der Waals surface area contributed by atoms with E-state index in [0.717, 1.165) is 31.1 Å². The van der Waals surface area contributed by atoms with Crippen LogP contribution in [0.15, 0.2) is 61.0 Å². The third-order valence-corrected chi connectivity index (χ3v) is 9.82. The number of pyridine rings is 1. The minimum absolute atomic E-state index is 0.00104. The van der Waals surface area contributed by atoms with Crippen molar-refractivity contribution in [1.82, 2.24) is 20.3 Å². The molecule has 1 N–H and O–H groups in total. The average molecular weight is 455 g/mol. The summed E-state index contributed by atoms with van der Waals surface area (Å²) < 4.78 is 0. The molecule has 4 aliphatic rings. The summed E-state index contributed by atoms with van der Waals surface area (Å²) in [5.41, 5.74) is 5.39. The molecular weight excluding hydrogens is 420 g/mol. The maximum Gasteiger partial charge on any atom is 0.253 e. The molecule has 2 fully saturated rings. The van der Waals surface area contributed by atoms with E-state index < -0.39 is 0 Å². The Morgan fingerprint density at radius 1 is 0.971 bits per heavy atom. The highest BCUT2D eigenvalue weighted by Gasteiger charge is 2.56. The normalized spacial score (nSPS) is 36.4. The molecular formula is C29H34N4O. The smallest absolute Gasteiger partial charge is 0.253 e. The lowest BCUT2D eigenvalue weighted by molar-refractivity contribution is -0.0123. The Kier molecular flexibility index (Phi) is 5.20. The molecule has 4 aliphatic carbocycles. The molecule has 0 aliphatic heterocycles. The Morgan fingerprint density at radius 3 is 2.59 bits per heavy atom. The van der Waals surface area contributed by atoms with Crippen molar-refractivity contribution in [3.05, 3.63) is 72.1 Å². The second kappa shape index (κ2) is 8.14. The van der Waals surface area contributed by atoms with Crippen molar-refractivity contribution in [1.29, 1.82) is 0 Å². The van der Waals surface area contributed by atoms with E-state index in [0.29, 0.717) is 11.5 Å². The monoisotopic (exact) mass is 454 g/mol. The van der Waals surface area contributed by atoms with Crippen LogP contribution in [0.25, 0.3) is 5.57 Å². The molecule has 0 radical (unpaired) electrons. The molecule has 176 valence electrons. The molecule has 0 aromatic carbocycles. The van der Waals surface area contributed by atoms with Crippen LogP contribution in [-0.2, 0) is 0 Å². The van der Waals surface area contributed by atoms with Gasteiger partial charge in [0, 0.05) is 36.4 Å². The molecule has 6 atom stereocenters. The summed E-state index contributed by atoms with van der Waals surface area (Å²) in [4.78, 5) is 25.4. The Balaban J connectivity index is 1.20. The Hall–Kier alpha value is -2.82. The van der Waals surface area contributed by atoms with Crippen molar-refractivity contribution in [2.75, 3.05) is 0 Å². The molecule has 0 spiro atoms. The number of aromatic nitrogens is 3. The van der Waals surface area contributed by atoms with Gasteiger partial charge < -0.3 is 5.32 Å². The Bertz CT molecular complexity index is 1140. The molecule has 5 nitrogen and oxygen atoms in total. The topological polar surface area (TPSA) is 67.8 Å². The van der Waals surface area contributed by atoms with Gasteiger partial charge in [-0.05, 0) is 91.2 Å². The van der Waals surface area contributed by atoms with E-state index in [1.807, 2.05) is 24.5 Å². The van der Waals surface area contributed by atoms with Crippen LogP contribution in [0, 0.1) is 28.6 Å². The third kappa shape index (κ3) is 3.35. The van der Waals surface area contributed by atoms with Crippen LogP contribution in [0.3, 0.4) is 0 Å². The fourth-order valence-electron chi connectivity index (χ4n) is 8.00. The van der Waals surface area contributed by atoms with E-state index in [1.54, 1.807) is 24.3 Å². The lowest BCUT2D eigenvalue weighted by Crippen LogP contribution is -2.51. The van der Waals surface area contributed by atoms with E-state index >= 15 is 0 Å². The number of allylic oxidation sites excluding steroid dienone is 3. The van der Waals surface area contributed by atoms with Gasteiger partial charge in [-0.15, -0.1) is 0 Å². The zero-order valence-electron chi connectivity index (χ0n) is 20.2. The van der Waals surface area contributed by atoms with Gasteiger partial charge in [-0.25, -0.2) is 9.97 Å². The first kappa shape index (κ1) is 21.7. The van der Waals surface area contributed by atoms with Gasteiger partial charge in [-0.3, -0.25) is 9.78 Å². The minimum atomic E-state index is -0.00104. The summed E-state index contributed by atoms with van der Waals surface area (Å²) in [5, 5.41) is 3.28. The maximum absolute atomic E-state index is 12.7. The first-order valence-corrected chi connectivity index (χ1v) is 12.9. The van der Waals surface area contributed by atoms with Crippen molar-refractivity contribution < 1.29 is 4.79 Å². The molecule has 2 aromatic heterocycles. The predicted octanol–water partition coefficient (Wildman–Crippen LogP) is 5.63. The molecule has 2 saturated carbocycles. The first-order chi connectivity index (χ1) is 16.5. The zero-order valence-corrected chi connectivity index (χ0v) is 20.2. The average Bonchev–Trinajstić information content (AvgIpc) is 3.22.